The van der Waals surface area contributed by atoms with Crippen molar-refractivity contribution in [2.45, 2.75) is 32.5 Å². The van der Waals surface area contributed by atoms with Crippen molar-refractivity contribution in [1.82, 2.24) is 4.98 Å². The van der Waals surface area contributed by atoms with E-state index in [0.29, 0.717) is 18.6 Å². The predicted octanol–water partition coefficient (Wildman–Crippen LogP) is 2.07. The second-order valence-corrected chi connectivity index (χ2v) is 3.28. The molecule has 2 unspecified atom stereocenters. The Balaban J connectivity index is 2.77. The number of hydrogen-bond acceptors (Lipinski definition) is 3. The molecule has 2 atom stereocenters. The number of aliphatic hydroxyl groups is 1. The van der Waals surface area contributed by atoms with E-state index >= 15 is 0 Å². The summed E-state index contributed by atoms with van der Waals surface area (Å²) in [6, 6.07) is 1.28. The van der Waals surface area contributed by atoms with Crippen LogP contribution in [0, 0.1) is 5.82 Å². The van der Waals surface area contributed by atoms with Crippen LogP contribution in [0.15, 0.2) is 18.5 Å². The molecule has 0 radical (unpaired) electrons. The third kappa shape index (κ3) is 3.25. The van der Waals surface area contributed by atoms with E-state index in [0.717, 1.165) is 6.20 Å². The molecule has 4 heteroatoms. The maximum absolute atomic E-state index is 12.9. The first kappa shape index (κ1) is 12.1. The van der Waals surface area contributed by atoms with Gasteiger partial charge in [0.25, 0.3) is 0 Å². The molecule has 0 aliphatic carbocycles. The molecule has 3 nitrogen and oxygen atoms in total. The van der Waals surface area contributed by atoms with Crippen LogP contribution in [0.4, 0.5) is 4.39 Å². The summed E-state index contributed by atoms with van der Waals surface area (Å²) in [5.41, 5.74) is 0.454. The van der Waals surface area contributed by atoms with Gasteiger partial charge in [0.1, 0.15) is 11.9 Å². The number of pyridine rings is 1. The fourth-order valence-corrected chi connectivity index (χ4v) is 1.45. The van der Waals surface area contributed by atoms with Gasteiger partial charge in [-0.05, 0) is 19.4 Å². The number of rotatable bonds is 5. The third-order valence-corrected chi connectivity index (χ3v) is 2.20. The maximum atomic E-state index is 12.9. The molecular formula is C11H16FNO2. The lowest BCUT2D eigenvalue weighted by atomic mass is 10.0. The van der Waals surface area contributed by atoms with Crippen molar-refractivity contribution in [2.24, 2.45) is 0 Å². The molecular weight excluding hydrogens is 197 g/mol. The van der Waals surface area contributed by atoms with Crippen LogP contribution >= 0.6 is 0 Å². The lowest BCUT2D eigenvalue weighted by molar-refractivity contribution is -0.0358. The quantitative estimate of drug-likeness (QED) is 0.814. The van der Waals surface area contributed by atoms with Crippen LogP contribution in [0.3, 0.4) is 0 Å². The Bertz CT molecular complexity index is 306. The summed E-state index contributed by atoms with van der Waals surface area (Å²) in [5.74, 6) is -0.446. The third-order valence-electron chi connectivity index (χ3n) is 2.20. The number of halogens is 1. The van der Waals surface area contributed by atoms with Crippen LogP contribution in [-0.4, -0.2) is 22.8 Å². The van der Waals surface area contributed by atoms with E-state index in [1.807, 2.05) is 13.8 Å². The number of aromatic nitrogens is 1. The van der Waals surface area contributed by atoms with Gasteiger partial charge in [-0.15, -0.1) is 0 Å². The van der Waals surface area contributed by atoms with Crippen LogP contribution < -0.4 is 0 Å². The monoisotopic (exact) mass is 213 g/mol. The molecule has 0 spiro atoms. The molecule has 1 aromatic heterocycles. The van der Waals surface area contributed by atoms with Crippen molar-refractivity contribution in [3.8, 4) is 0 Å². The highest BCUT2D eigenvalue weighted by Crippen LogP contribution is 2.21. The summed E-state index contributed by atoms with van der Waals surface area (Å²) < 4.78 is 18.2. The summed E-state index contributed by atoms with van der Waals surface area (Å²) >= 11 is 0. The molecule has 0 aliphatic heterocycles. The van der Waals surface area contributed by atoms with Crippen molar-refractivity contribution >= 4 is 0 Å². The maximum Gasteiger partial charge on any atom is 0.141 e. The highest BCUT2D eigenvalue weighted by Gasteiger charge is 2.20. The van der Waals surface area contributed by atoms with Gasteiger partial charge in [0.2, 0.25) is 0 Å². The minimum Gasteiger partial charge on any atom is -0.386 e. The molecule has 1 N–H and O–H groups in total. The smallest absolute Gasteiger partial charge is 0.141 e. The standard InChI is InChI=1S/C11H16FNO2/c1-3-10(15-4-2)11(14)8-5-9(12)7-13-6-8/h5-7,10-11,14H,3-4H2,1-2H3. The molecule has 84 valence electrons. The van der Waals surface area contributed by atoms with Gasteiger partial charge in [0.05, 0.1) is 12.3 Å². The Hall–Kier alpha value is -1.00. The highest BCUT2D eigenvalue weighted by molar-refractivity contribution is 5.14. The fourth-order valence-electron chi connectivity index (χ4n) is 1.45. The lowest BCUT2D eigenvalue weighted by Gasteiger charge is -2.21. The molecule has 15 heavy (non-hydrogen) atoms. The number of aliphatic hydroxyl groups excluding tert-OH is 1. The van der Waals surface area contributed by atoms with Gasteiger partial charge in [0.15, 0.2) is 0 Å². The largest absolute Gasteiger partial charge is 0.386 e. The topological polar surface area (TPSA) is 42.4 Å². The minimum atomic E-state index is -0.821. The van der Waals surface area contributed by atoms with Crippen LogP contribution in [-0.2, 0) is 4.74 Å². The molecule has 0 aliphatic rings. The zero-order valence-corrected chi connectivity index (χ0v) is 8.98. The average Bonchev–Trinajstić information content (AvgIpc) is 2.25. The van der Waals surface area contributed by atoms with Gasteiger partial charge in [-0.3, -0.25) is 4.98 Å². The molecule has 0 saturated carbocycles. The van der Waals surface area contributed by atoms with E-state index in [2.05, 4.69) is 4.98 Å². The van der Waals surface area contributed by atoms with Gasteiger partial charge < -0.3 is 9.84 Å². The first-order chi connectivity index (χ1) is 7.19. The molecule has 1 rings (SSSR count). The lowest BCUT2D eigenvalue weighted by Crippen LogP contribution is -2.21. The van der Waals surface area contributed by atoms with E-state index < -0.39 is 11.9 Å². The molecule has 0 aromatic carbocycles. The number of nitrogens with zero attached hydrogens (tertiary/aromatic N) is 1. The van der Waals surface area contributed by atoms with Crippen molar-refractivity contribution in [3.63, 3.8) is 0 Å². The van der Waals surface area contributed by atoms with E-state index in [4.69, 9.17) is 4.74 Å². The molecule has 0 amide bonds. The van der Waals surface area contributed by atoms with Gasteiger partial charge in [0, 0.05) is 18.4 Å². The molecule has 1 aromatic rings. The molecule has 1 heterocycles. The van der Waals surface area contributed by atoms with E-state index in [1.165, 1.54) is 12.3 Å². The average molecular weight is 213 g/mol. The highest BCUT2D eigenvalue weighted by atomic mass is 19.1. The minimum absolute atomic E-state index is 0.307. The van der Waals surface area contributed by atoms with Gasteiger partial charge in [-0.2, -0.15) is 0 Å². The van der Waals surface area contributed by atoms with Crippen molar-refractivity contribution in [3.05, 3.63) is 29.8 Å². The first-order valence-electron chi connectivity index (χ1n) is 5.09. The normalized spacial score (nSPS) is 14.9. The van der Waals surface area contributed by atoms with E-state index in [1.54, 1.807) is 0 Å². The van der Waals surface area contributed by atoms with Crippen molar-refractivity contribution < 1.29 is 14.2 Å². The summed E-state index contributed by atoms with van der Waals surface area (Å²) in [6.45, 7) is 4.30. The summed E-state index contributed by atoms with van der Waals surface area (Å²) in [4.78, 5) is 3.69. The van der Waals surface area contributed by atoms with E-state index in [-0.39, 0.29) is 6.10 Å². The van der Waals surface area contributed by atoms with Crippen LogP contribution in [0.5, 0.6) is 0 Å². The predicted molar refractivity (Wildman–Crippen MR) is 54.9 cm³/mol. The van der Waals surface area contributed by atoms with E-state index in [9.17, 15) is 9.50 Å². The molecule has 0 fully saturated rings. The van der Waals surface area contributed by atoms with Gasteiger partial charge in [-0.1, -0.05) is 6.92 Å². The van der Waals surface area contributed by atoms with Gasteiger partial charge in [-0.25, -0.2) is 4.39 Å². The second-order valence-electron chi connectivity index (χ2n) is 3.28. The zero-order chi connectivity index (χ0) is 11.3. The number of hydrogen-bond donors (Lipinski definition) is 1. The summed E-state index contributed by atoms with van der Waals surface area (Å²) in [5, 5.41) is 9.90. The summed E-state index contributed by atoms with van der Waals surface area (Å²) in [7, 11) is 0. The summed E-state index contributed by atoms with van der Waals surface area (Å²) in [6.07, 6.45) is 2.11. The van der Waals surface area contributed by atoms with Crippen molar-refractivity contribution in [1.29, 1.82) is 0 Å². The molecule has 0 saturated heterocycles. The second kappa shape index (κ2) is 5.78. The first-order valence-corrected chi connectivity index (χ1v) is 5.09. The Morgan fingerprint density at radius 3 is 2.73 bits per heavy atom. The van der Waals surface area contributed by atoms with Crippen LogP contribution in [0.25, 0.3) is 0 Å². The van der Waals surface area contributed by atoms with Crippen LogP contribution in [0.1, 0.15) is 31.9 Å². The number of ether oxygens (including phenoxy) is 1. The Labute approximate surface area is 88.9 Å². The van der Waals surface area contributed by atoms with Crippen LogP contribution in [0.2, 0.25) is 0 Å². The Morgan fingerprint density at radius 2 is 2.20 bits per heavy atom. The zero-order valence-electron chi connectivity index (χ0n) is 8.98. The Kier molecular flexibility index (Phi) is 4.65. The van der Waals surface area contributed by atoms with Crippen molar-refractivity contribution in [2.75, 3.05) is 6.61 Å². The van der Waals surface area contributed by atoms with Gasteiger partial charge >= 0.3 is 0 Å². The fraction of sp³-hybridized carbons (Fsp3) is 0.545. The molecule has 0 bridgehead atoms. The Morgan fingerprint density at radius 1 is 1.47 bits per heavy atom. The SMILES string of the molecule is CCOC(CC)C(O)c1cncc(F)c1.